The Kier molecular flexibility index (Phi) is 4.29. The van der Waals surface area contributed by atoms with Crippen LogP contribution in [0, 0.1) is 0 Å². The molecule has 3 heterocycles. The number of hydrogen-bond acceptors (Lipinski definition) is 3. The van der Waals surface area contributed by atoms with Crippen LogP contribution in [-0.2, 0) is 13.0 Å². The first-order chi connectivity index (χ1) is 11.7. The number of halogens is 1. The molecule has 126 valence electrons. The summed E-state index contributed by atoms with van der Waals surface area (Å²) in [6.45, 7) is 3.05. The smallest absolute Gasteiger partial charge is 0.274 e. The zero-order chi connectivity index (χ0) is 16.5. The van der Waals surface area contributed by atoms with Gasteiger partial charge in [-0.3, -0.25) is 9.48 Å². The first-order valence-electron chi connectivity index (χ1n) is 8.55. The zero-order valence-corrected chi connectivity index (χ0v) is 14.3. The molecular weight excluding hydrogens is 324 g/mol. The maximum atomic E-state index is 12.9. The second-order valence-electron chi connectivity index (χ2n) is 6.51. The number of rotatable bonds is 2. The summed E-state index contributed by atoms with van der Waals surface area (Å²) in [7, 11) is 0. The van der Waals surface area contributed by atoms with Gasteiger partial charge in [0.05, 0.1) is 6.04 Å². The van der Waals surface area contributed by atoms with Gasteiger partial charge < -0.3 is 10.2 Å². The normalized spacial score (nSPS) is 20.7. The molecule has 24 heavy (non-hydrogen) atoms. The van der Waals surface area contributed by atoms with E-state index in [0.717, 1.165) is 36.5 Å². The topological polar surface area (TPSA) is 50.2 Å². The lowest BCUT2D eigenvalue weighted by Crippen LogP contribution is -2.48. The summed E-state index contributed by atoms with van der Waals surface area (Å²) in [5.74, 6) is 0.0328. The summed E-state index contributed by atoms with van der Waals surface area (Å²) < 4.78 is 1.99. The van der Waals surface area contributed by atoms with Crippen molar-refractivity contribution in [3.63, 3.8) is 0 Å². The van der Waals surface area contributed by atoms with E-state index in [-0.39, 0.29) is 11.9 Å². The van der Waals surface area contributed by atoms with E-state index in [1.165, 1.54) is 12.1 Å². The lowest BCUT2D eigenvalue weighted by molar-refractivity contribution is 0.0696. The number of carbonyl (C=O) groups excluding carboxylic acids is 1. The zero-order valence-electron chi connectivity index (χ0n) is 13.5. The molecule has 0 radical (unpaired) electrons. The maximum Gasteiger partial charge on any atom is 0.274 e. The van der Waals surface area contributed by atoms with Crippen molar-refractivity contribution in [1.29, 1.82) is 0 Å². The van der Waals surface area contributed by atoms with Crippen molar-refractivity contribution >= 4 is 17.5 Å². The number of carbonyl (C=O) groups is 1. The quantitative estimate of drug-likeness (QED) is 0.911. The summed E-state index contributed by atoms with van der Waals surface area (Å²) in [6, 6.07) is 9.90. The molecule has 2 aromatic rings. The summed E-state index contributed by atoms with van der Waals surface area (Å²) in [5.41, 5.74) is 2.88. The largest absolute Gasteiger partial charge is 0.334 e. The van der Waals surface area contributed by atoms with Gasteiger partial charge in [-0.1, -0.05) is 23.7 Å². The Hall–Kier alpha value is -1.85. The molecule has 0 saturated carbocycles. The van der Waals surface area contributed by atoms with Gasteiger partial charge in [0.1, 0.15) is 0 Å². The van der Waals surface area contributed by atoms with E-state index in [9.17, 15) is 4.79 Å². The third-order valence-corrected chi connectivity index (χ3v) is 5.08. The van der Waals surface area contributed by atoms with Crippen LogP contribution >= 0.6 is 11.6 Å². The molecule has 2 aliphatic rings. The van der Waals surface area contributed by atoms with Crippen LogP contribution < -0.4 is 5.32 Å². The van der Waals surface area contributed by atoms with Gasteiger partial charge in [-0.05, 0) is 43.0 Å². The van der Waals surface area contributed by atoms with Gasteiger partial charge in [-0.25, -0.2) is 0 Å². The Bertz CT molecular complexity index is 734. The number of hydrogen-bond donors (Lipinski definition) is 1. The van der Waals surface area contributed by atoms with Crippen molar-refractivity contribution in [1.82, 2.24) is 20.0 Å². The molecule has 1 fully saturated rings. The highest BCUT2D eigenvalue weighted by Gasteiger charge is 2.27. The van der Waals surface area contributed by atoms with Crippen molar-refractivity contribution < 1.29 is 4.79 Å². The summed E-state index contributed by atoms with van der Waals surface area (Å²) in [5, 5.41) is 8.71. The Morgan fingerprint density at radius 3 is 3.00 bits per heavy atom. The minimum absolute atomic E-state index is 0.0328. The molecule has 5 nitrogen and oxygen atoms in total. The highest BCUT2D eigenvalue weighted by atomic mass is 35.5. The van der Waals surface area contributed by atoms with Gasteiger partial charge in [0.25, 0.3) is 5.91 Å². The number of amides is 1. The predicted octanol–water partition coefficient (Wildman–Crippen LogP) is 2.66. The van der Waals surface area contributed by atoms with Crippen LogP contribution in [0.25, 0.3) is 0 Å². The average Bonchev–Trinajstić information content (AvgIpc) is 3.05. The monoisotopic (exact) mass is 344 g/mol. The van der Waals surface area contributed by atoms with Crippen LogP contribution in [0.2, 0.25) is 5.02 Å². The molecule has 0 bridgehead atoms. The fraction of sp³-hybridized carbons (Fsp3) is 0.444. The highest BCUT2D eigenvalue weighted by molar-refractivity contribution is 6.30. The van der Waals surface area contributed by atoms with Gasteiger partial charge in [-0.2, -0.15) is 5.10 Å². The molecular formula is C18H21ClN4O. The van der Waals surface area contributed by atoms with Gasteiger partial charge in [0.15, 0.2) is 5.69 Å². The number of fused-ring (bicyclic) bond motifs is 1. The Morgan fingerprint density at radius 1 is 1.25 bits per heavy atom. The maximum absolute atomic E-state index is 12.9. The van der Waals surface area contributed by atoms with Gasteiger partial charge in [0.2, 0.25) is 0 Å². The SMILES string of the molecule is O=C(c1cc2n(n1)CCCC2)N1CCN[C@H](c2cccc(Cl)c2)C1. The fourth-order valence-corrected chi connectivity index (χ4v) is 3.76. The minimum Gasteiger partial charge on any atom is -0.334 e. The first-order valence-corrected chi connectivity index (χ1v) is 8.93. The van der Waals surface area contributed by atoms with Crippen LogP contribution in [0.3, 0.4) is 0 Å². The molecule has 6 heteroatoms. The number of nitrogens with zero attached hydrogens (tertiary/aromatic N) is 3. The minimum atomic E-state index is 0.0328. The number of aromatic nitrogens is 2. The molecule has 2 aliphatic heterocycles. The molecule has 1 amide bonds. The Morgan fingerprint density at radius 2 is 2.17 bits per heavy atom. The van der Waals surface area contributed by atoms with Crippen molar-refractivity contribution in [3.05, 3.63) is 52.3 Å². The number of benzene rings is 1. The molecule has 0 aliphatic carbocycles. The number of piperazine rings is 1. The van der Waals surface area contributed by atoms with E-state index < -0.39 is 0 Å². The standard InChI is InChI=1S/C18H21ClN4O/c19-14-5-3-4-13(10-14)17-12-22(9-7-20-17)18(24)16-11-15-6-1-2-8-23(15)21-16/h3-5,10-11,17,20H,1-2,6-9,12H2/t17-/m0/s1. The van der Waals surface area contributed by atoms with Crippen LogP contribution in [0.15, 0.2) is 30.3 Å². The van der Waals surface area contributed by atoms with E-state index >= 15 is 0 Å². The predicted molar refractivity (Wildman–Crippen MR) is 93.3 cm³/mol. The molecule has 1 aromatic carbocycles. The third-order valence-electron chi connectivity index (χ3n) is 4.85. The van der Waals surface area contributed by atoms with Crippen LogP contribution in [0.4, 0.5) is 0 Å². The fourth-order valence-electron chi connectivity index (χ4n) is 3.57. The lowest BCUT2D eigenvalue weighted by Gasteiger charge is -2.33. The first kappa shape index (κ1) is 15.7. The van der Waals surface area contributed by atoms with E-state index in [2.05, 4.69) is 10.4 Å². The molecule has 1 saturated heterocycles. The lowest BCUT2D eigenvalue weighted by atomic mass is 10.0. The van der Waals surface area contributed by atoms with Gasteiger partial charge >= 0.3 is 0 Å². The van der Waals surface area contributed by atoms with Crippen LogP contribution in [-0.4, -0.2) is 40.2 Å². The molecule has 1 N–H and O–H groups in total. The van der Waals surface area contributed by atoms with Gasteiger partial charge in [0, 0.05) is 36.9 Å². The second-order valence-corrected chi connectivity index (χ2v) is 6.95. The van der Waals surface area contributed by atoms with Crippen LogP contribution in [0.5, 0.6) is 0 Å². The molecule has 4 rings (SSSR count). The van der Waals surface area contributed by atoms with E-state index in [1.54, 1.807) is 0 Å². The summed E-state index contributed by atoms with van der Waals surface area (Å²) in [6.07, 6.45) is 3.35. The summed E-state index contributed by atoms with van der Waals surface area (Å²) in [4.78, 5) is 14.8. The van der Waals surface area contributed by atoms with Gasteiger partial charge in [-0.15, -0.1) is 0 Å². The van der Waals surface area contributed by atoms with E-state index in [1.807, 2.05) is 39.9 Å². The van der Waals surface area contributed by atoms with E-state index in [0.29, 0.717) is 18.8 Å². The Balaban J connectivity index is 1.51. The number of aryl methyl sites for hydroxylation is 2. The summed E-state index contributed by atoms with van der Waals surface area (Å²) >= 11 is 6.10. The molecule has 1 aromatic heterocycles. The molecule has 1 atom stereocenters. The van der Waals surface area contributed by atoms with Crippen molar-refractivity contribution in [2.24, 2.45) is 0 Å². The van der Waals surface area contributed by atoms with Crippen molar-refractivity contribution in [2.75, 3.05) is 19.6 Å². The van der Waals surface area contributed by atoms with Crippen molar-refractivity contribution in [3.8, 4) is 0 Å². The highest BCUT2D eigenvalue weighted by Crippen LogP contribution is 2.22. The molecule has 0 unspecified atom stereocenters. The van der Waals surface area contributed by atoms with Crippen molar-refractivity contribution in [2.45, 2.75) is 31.8 Å². The Labute approximate surface area is 146 Å². The second kappa shape index (κ2) is 6.57. The van der Waals surface area contributed by atoms with Crippen LogP contribution in [0.1, 0.15) is 40.6 Å². The van der Waals surface area contributed by atoms with E-state index in [4.69, 9.17) is 11.6 Å². The average molecular weight is 345 g/mol. The number of nitrogens with one attached hydrogen (secondary N) is 1. The molecule has 0 spiro atoms. The third kappa shape index (κ3) is 3.06.